The average molecular weight is 1320 g/mol. The standard InChI is InChI=1S/C65H110N10O16S/c66-63(83)51(45-57(78)37-35-54-48-67-50-70-54)27-20-19-22-29-58(79)49-91-43-42-90-41-40-69-61(81)38-34-53(65(86)87)47-56(77)36-33-52(64(84)85)46-55(76)28-21-15-11-7-6-10-14-18-25-39-68-60(80)32-26-44-92(88,89)73-62(82)31-24-17-13-9-5-3-1-2-4-8-12-16-23-30-59-71-74-75-72-59/h48,50-53H,1-47,49H2,(H2,66,83)(H,67,70)(H,68,80)(H,69,81)(H,73,82)(H,84,85)(H,86,87)(H,71,72,74,75)/t51-,52?,53?/m1/s1. The molecule has 0 aliphatic carbocycles. The summed E-state index contributed by atoms with van der Waals surface area (Å²) in [4.78, 5) is 130. The Labute approximate surface area is 544 Å². The molecule has 0 bridgehead atoms. The number of sulfonamides is 1. The van der Waals surface area contributed by atoms with Crippen molar-refractivity contribution < 1.29 is 76.0 Å². The normalized spacial score (nSPS) is 12.4. The molecule has 26 nitrogen and oxygen atoms in total. The lowest BCUT2D eigenvalue weighted by molar-refractivity contribution is -0.145. The molecule has 2 aromatic heterocycles. The van der Waals surface area contributed by atoms with E-state index in [0.717, 1.165) is 95.0 Å². The van der Waals surface area contributed by atoms with Crippen LogP contribution in [0.2, 0.25) is 0 Å². The lowest BCUT2D eigenvalue weighted by Crippen LogP contribution is -2.33. The minimum atomic E-state index is -3.80. The molecule has 0 aliphatic rings. The molecule has 0 saturated carbocycles. The van der Waals surface area contributed by atoms with Gasteiger partial charge in [0.15, 0.2) is 11.6 Å². The molecule has 2 rings (SSSR count). The van der Waals surface area contributed by atoms with Crippen LogP contribution in [0.15, 0.2) is 12.5 Å². The molecule has 522 valence electrons. The predicted molar refractivity (Wildman–Crippen MR) is 345 cm³/mol. The van der Waals surface area contributed by atoms with Gasteiger partial charge in [0.25, 0.3) is 0 Å². The first kappa shape index (κ1) is 81.7. The van der Waals surface area contributed by atoms with E-state index in [9.17, 15) is 66.6 Å². The van der Waals surface area contributed by atoms with Crippen LogP contribution in [-0.4, -0.2) is 153 Å². The number of imidazole rings is 1. The van der Waals surface area contributed by atoms with Gasteiger partial charge in [0.2, 0.25) is 33.7 Å². The zero-order valence-electron chi connectivity index (χ0n) is 54.7. The number of ketones is 4. The molecule has 9 N–H and O–H groups in total. The molecule has 0 radical (unpaired) electrons. The van der Waals surface area contributed by atoms with E-state index in [1.54, 1.807) is 12.5 Å². The van der Waals surface area contributed by atoms with Gasteiger partial charge in [0.05, 0.1) is 43.7 Å². The number of aromatic nitrogens is 6. The number of H-pyrrole nitrogens is 2. The van der Waals surface area contributed by atoms with Gasteiger partial charge in [-0.3, -0.25) is 52.7 Å². The summed E-state index contributed by atoms with van der Waals surface area (Å²) in [6, 6.07) is 0. The number of primary amides is 1. The fraction of sp³-hybridized carbons (Fsp3) is 0.785. The number of hydrogen-bond donors (Lipinski definition) is 8. The molecule has 0 fully saturated rings. The molecule has 0 aliphatic heterocycles. The molecule has 2 aromatic rings. The summed E-state index contributed by atoms with van der Waals surface area (Å²) >= 11 is 0. The number of carbonyl (C=O) groups is 10. The monoisotopic (exact) mass is 1320 g/mol. The molecular formula is C65H110N10O16S. The average Bonchev–Trinajstić information content (AvgIpc) is 3.18. The number of amides is 4. The molecule has 0 spiro atoms. The van der Waals surface area contributed by atoms with E-state index in [1.807, 2.05) is 0 Å². The fourth-order valence-corrected chi connectivity index (χ4v) is 11.7. The Balaban J connectivity index is 1.39. The number of nitrogens with two attached hydrogens (primary N) is 1. The Morgan fingerprint density at radius 3 is 1.55 bits per heavy atom. The number of ether oxygens (including phenoxy) is 2. The van der Waals surface area contributed by atoms with E-state index in [-0.39, 0.29) is 133 Å². The SMILES string of the molecule is NC(=O)[C@H](CCCCCC(=O)COCCOCCNC(=O)CCC(CC(=O)CCC(CC(=O)CCCCCCCCCCCNC(=O)CCCS(=O)(=O)NC(=O)CCCCCCCCCCCCCCCc1nn[nH]n1)C(=O)O)C(=O)O)CC(=O)CCc1cnc[nH]1. The molecule has 0 saturated heterocycles. The zero-order chi connectivity index (χ0) is 67.3. The van der Waals surface area contributed by atoms with Gasteiger partial charge in [0.1, 0.15) is 24.0 Å². The number of tetrazole rings is 1. The van der Waals surface area contributed by atoms with Crippen LogP contribution in [0, 0.1) is 17.8 Å². The lowest BCUT2D eigenvalue weighted by atomic mass is 9.90. The summed E-state index contributed by atoms with van der Waals surface area (Å²) in [7, 11) is -3.80. The number of carboxylic acid groups (broad SMARTS) is 2. The van der Waals surface area contributed by atoms with Gasteiger partial charge >= 0.3 is 11.9 Å². The van der Waals surface area contributed by atoms with Crippen molar-refractivity contribution in [2.75, 3.05) is 45.3 Å². The Morgan fingerprint density at radius 1 is 0.489 bits per heavy atom. The number of carbonyl (C=O) groups excluding carboxylic acids is 8. The molecule has 92 heavy (non-hydrogen) atoms. The Morgan fingerprint density at radius 2 is 0.978 bits per heavy atom. The van der Waals surface area contributed by atoms with Crippen LogP contribution in [0.25, 0.3) is 0 Å². The predicted octanol–water partition coefficient (Wildman–Crippen LogP) is 8.41. The van der Waals surface area contributed by atoms with Crippen molar-refractivity contribution in [3.05, 3.63) is 24.0 Å². The van der Waals surface area contributed by atoms with Crippen molar-refractivity contribution in [3.8, 4) is 0 Å². The number of carboxylic acids is 2. The van der Waals surface area contributed by atoms with Crippen LogP contribution >= 0.6 is 0 Å². The van der Waals surface area contributed by atoms with Crippen molar-refractivity contribution in [1.29, 1.82) is 0 Å². The van der Waals surface area contributed by atoms with Gasteiger partial charge in [0, 0.05) is 102 Å². The van der Waals surface area contributed by atoms with Crippen molar-refractivity contribution in [2.24, 2.45) is 23.5 Å². The summed E-state index contributed by atoms with van der Waals surface area (Å²) in [5.74, 6) is -7.19. The van der Waals surface area contributed by atoms with Crippen LogP contribution in [0.1, 0.15) is 262 Å². The topological polar surface area (TPSA) is 409 Å². The number of nitrogens with one attached hydrogen (secondary N) is 5. The number of nitrogens with zero attached hydrogens (tertiary/aromatic N) is 4. The summed E-state index contributed by atoms with van der Waals surface area (Å²) < 4.78 is 37.8. The highest BCUT2D eigenvalue weighted by Crippen LogP contribution is 2.21. The molecule has 0 aromatic carbocycles. The second-order valence-electron chi connectivity index (χ2n) is 24.4. The number of hydrogen-bond acceptors (Lipinski definition) is 18. The highest BCUT2D eigenvalue weighted by Gasteiger charge is 2.26. The van der Waals surface area contributed by atoms with E-state index in [1.165, 1.54) is 51.4 Å². The van der Waals surface area contributed by atoms with Crippen LogP contribution in [-0.2, 0) is 80.3 Å². The van der Waals surface area contributed by atoms with Crippen molar-refractivity contribution >= 4 is 68.7 Å². The fourth-order valence-electron chi connectivity index (χ4n) is 10.7. The summed E-state index contributed by atoms with van der Waals surface area (Å²) in [6.07, 6.45) is 29.8. The number of unbranched alkanes of at least 4 members (excludes halogenated alkanes) is 22. The van der Waals surface area contributed by atoms with E-state index >= 15 is 0 Å². The molecular weight excluding hydrogens is 1210 g/mol. The number of aryl methyl sites for hydroxylation is 2. The van der Waals surface area contributed by atoms with Gasteiger partial charge in [-0.15, -0.1) is 10.2 Å². The van der Waals surface area contributed by atoms with E-state index in [0.29, 0.717) is 64.3 Å². The highest BCUT2D eigenvalue weighted by atomic mass is 32.2. The molecule has 4 amide bonds. The number of aromatic amines is 2. The summed E-state index contributed by atoms with van der Waals surface area (Å²) in [6.45, 7) is 1.01. The van der Waals surface area contributed by atoms with Crippen molar-refractivity contribution in [3.63, 3.8) is 0 Å². The third kappa shape index (κ3) is 46.7. The number of rotatable bonds is 65. The first-order valence-electron chi connectivity index (χ1n) is 34.1. The number of Topliss-reactive ketones (excluding diaryl/α,β-unsaturated/α-hetero) is 4. The van der Waals surface area contributed by atoms with Gasteiger partial charge in [-0.05, 0) is 64.2 Å². The van der Waals surface area contributed by atoms with Gasteiger partial charge in [-0.2, -0.15) is 5.21 Å². The first-order valence-corrected chi connectivity index (χ1v) is 35.7. The van der Waals surface area contributed by atoms with E-state index in [2.05, 4.69) is 45.9 Å². The smallest absolute Gasteiger partial charge is 0.306 e. The third-order valence-corrected chi connectivity index (χ3v) is 17.6. The van der Waals surface area contributed by atoms with Crippen LogP contribution in [0.4, 0.5) is 0 Å². The quantitative estimate of drug-likeness (QED) is 0.0288. The molecule has 27 heteroatoms. The third-order valence-electron chi connectivity index (χ3n) is 16.2. The second kappa shape index (κ2) is 53.1. The van der Waals surface area contributed by atoms with Gasteiger partial charge < -0.3 is 41.0 Å². The molecule has 2 heterocycles. The lowest BCUT2D eigenvalue weighted by Gasteiger charge is -2.14. The van der Waals surface area contributed by atoms with Crippen LogP contribution < -0.4 is 21.1 Å². The van der Waals surface area contributed by atoms with Crippen LogP contribution in [0.5, 0.6) is 0 Å². The maximum Gasteiger partial charge on any atom is 0.306 e. The van der Waals surface area contributed by atoms with E-state index < -0.39 is 63.2 Å². The van der Waals surface area contributed by atoms with Crippen molar-refractivity contribution in [1.82, 2.24) is 45.9 Å². The van der Waals surface area contributed by atoms with E-state index in [4.69, 9.17) is 15.2 Å². The maximum atomic E-state index is 12.8. The van der Waals surface area contributed by atoms with Crippen molar-refractivity contribution in [2.45, 2.75) is 263 Å². The largest absolute Gasteiger partial charge is 0.481 e. The van der Waals surface area contributed by atoms with Gasteiger partial charge in [-0.1, -0.05) is 134 Å². The molecule has 2 unspecified atom stereocenters. The summed E-state index contributed by atoms with van der Waals surface area (Å²) in [5.41, 5.74) is 6.36. The van der Waals surface area contributed by atoms with Crippen LogP contribution in [0.3, 0.4) is 0 Å². The number of aliphatic carboxylic acids is 2. The maximum absolute atomic E-state index is 12.8. The second-order valence-corrected chi connectivity index (χ2v) is 26.2. The first-order chi connectivity index (χ1) is 44.3. The Bertz CT molecular complexity index is 2500. The Hall–Kier alpha value is -6.35. The Kier molecular flexibility index (Phi) is 47.1. The summed E-state index contributed by atoms with van der Waals surface area (Å²) in [5, 5.41) is 38.9. The highest BCUT2D eigenvalue weighted by molar-refractivity contribution is 7.90. The molecule has 3 atom stereocenters. The minimum Gasteiger partial charge on any atom is -0.481 e. The minimum absolute atomic E-state index is 0.0423. The zero-order valence-corrected chi connectivity index (χ0v) is 55.5. The van der Waals surface area contributed by atoms with Gasteiger partial charge in [-0.25, -0.2) is 13.4 Å².